The number of hydrogen-bond donors (Lipinski definition) is 1. The second-order valence-corrected chi connectivity index (χ2v) is 8.35. The number of anilines is 1. The number of amides is 1. The van der Waals surface area contributed by atoms with Crippen LogP contribution in [0.3, 0.4) is 0 Å². The molecule has 1 aliphatic heterocycles. The van der Waals surface area contributed by atoms with E-state index in [-0.39, 0.29) is 11.3 Å². The van der Waals surface area contributed by atoms with Crippen LogP contribution in [-0.2, 0) is 9.53 Å². The van der Waals surface area contributed by atoms with E-state index in [2.05, 4.69) is 0 Å². The molecule has 7 nitrogen and oxygen atoms in total. The van der Waals surface area contributed by atoms with Gasteiger partial charge in [0.25, 0.3) is 5.91 Å². The van der Waals surface area contributed by atoms with Gasteiger partial charge in [0.2, 0.25) is 5.78 Å². The first-order valence-corrected chi connectivity index (χ1v) is 11.0. The molecular formula is C27H18ClNO6. The number of fused-ring (bicyclic) bond motifs is 1. The first-order chi connectivity index (χ1) is 16.9. The first-order valence-electron chi connectivity index (χ1n) is 10.6. The molecular weight excluding hydrogens is 470 g/mol. The molecule has 0 spiro atoms. The van der Waals surface area contributed by atoms with Gasteiger partial charge < -0.3 is 14.3 Å². The van der Waals surface area contributed by atoms with Crippen LogP contribution in [0.25, 0.3) is 11.0 Å². The number of carbonyl (C=O) groups is 3. The van der Waals surface area contributed by atoms with Gasteiger partial charge in [0.1, 0.15) is 5.58 Å². The van der Waals surface area contributed by atoms with Crippen molar-refractivity contribution in [2.24, 2.45) is 0 Å². The van der Waals surface area contributed by atoms with Gasteiger partial charge in [-0.1, -0.05) is 41.9 Å². The largest absolute Gasteiger partial charge is 0.503 e. The van der Waals surface area contributed by atoms with E-state index >= 15 is 0 Å². The molecule has 35 heavy (non-hydrogen) atoms. The van der Waals surface area contributed by atoms with E-state index in [1.54, 1.807) is 54.6 Å². The van der Waals surface area contributed by atoms with Gasteiger partial charge in [0.15, 0.2) is 11.5 Å². The van der Waals surface area contributed by atoms with Crippen molar-refractivity contribution in [3.63, 3.8) is 0 Å². The normalized spacial score (nSPS) is 15.7. The number of aliphatic hydroxyl groups is 1. The minimum atomic E-state index is -0.919. The molecule has 3 aromatic carbocycles. The van der Waals surface area contributed by atoms with Crippen molar-refractivity contribution in [2.75, 3.05) is 12.0 Å². The Morgan fingerprint density at radius 3 is 2.40 bits per heavy atom. The predicted octanol–water partition coefficient (Wildman–Crippen LogP) is 5.66. The van der Waals surface area contributed by atoms with Gasteiger partial charge in [-0.05, 0) is 54.1 Å². The Bertz CT molecular complexity index is 1500. The number of rotatable bonds is 5. The number of hydrogen-bond acceptors (Lipinski definition) is 6. The van der Waals surface area contributed by atoms with Crippen LogP contribution in [0.5, 0.6) is 0 Å². The van der Waals surface area contributed by atoms with Crippen molar-refractivity contribution in [3.8, 4) is 0 Å². The van der Waals surface area contributed by atoms with Crippen LogP contribution in [-0.4, -0.2) is 29.9 Å². The van der Waals surface area contributed by atoms with E-state index in [1.165, 1.54) is 30.2 Å². The number of benzene rings is 3. The summed E-state index contributed by atoms with van der Waals surface area (Å²) in [6.45, 7) is 0. The molecule has 2 heterocycles. The molecule has 0 saturated heterocycles. The maximum absolute atomic E-state index is 13.6. The molecule has 8 heteroatoms. The summed E-state index contributed by atoms with van der Waals surface area (Å²) in [5, 5.41) is 12.0. The molecule has 1 N–H and O–H groups in total. The number of halogens is 1. The number of ketones is 1. The first kappa shape index (κ1) is 22.4. The predicted molar refractivity (Wildman–Crippen MR) is 130 cm³/mol. The summed E-state index contributed by atoms with van der Waals surface area (Å²) in [6, 6.07) is 20.6. The van der Waals surface area contributed by atoms with Gasteiger partial charge in [0.05, 0.1) is 24.3 Å². The molecule has 1 aromatic heterocycles. The van der Waals surface area contributed by atoms with Crippen molar-refractivity contribution in [2.45, 2.75) is 6.04 Å². The topological polar surface area (TPSA) is 97.0 Å². The van der Waals surface area contributed by atoms with Gasteiger partial charge in [-0.15, -0.1) is 0 Å². The summed E-state index contributed by atoms with van der Waals surface area (Å²) in [6.07, 6.45) is 0. The lowest BCUT2D eigenvalue weighted by molar-refractivity contribution is -0.117. The van der Waals surface area contributed by atoms with Gasteiger partial charge in [-0.2, -0.15) is 0 Å². The molecule has 0 radical (unpaired) electrons. The zero-order chi connectivity index (χ0) is 24.7. The van der Waals surface area contributed by atoms with Crippen LogP contribution in [0.15, 0.2) is 94.6 Å². The Labute approximate surface area is 204 Å². The Balaban J connectivity index is 1.61. The Morgan fingerprint density at radius 2 is 1.71 bits per heavy atom. The van der Waals surface area contributed by atoms with Crippen molar-refractivity contribution in [3.05, 3.63) is 112 Å². The average molecular weight is 488 g/mol. The van der Waals surface area contributed by atoms with Crippen LogP contribution in [0.1, 0.15) is 32.5 Å². The molecule has 0 aliphatic carbocycles. The molecule has 0 saturated carbocycles. The van der Waals surface area contributed by atoms with Crippen molar-refractivity contribution in [1.29, 1.82) is 0 Å². The SMILES string of the molecule is COC(=O)c1ccc(N2C(=O)C(O)=C(C(=O)c3cc4cc(Cl)ccc4o3)C2c2ccccc2)cc1. The zero-order valence-electron chi connectivity index (χ0n) is 18.4. The number of carbonyl (C=O) groups excluding carboxylic acids is 3. The van der Waals surface area contributed by atoms with Crippen LogP contribution < -0.4 is 4.90 Å². The maximum atomic E-state index is 13.6. The number of ether oxygens (including phenoxy) is 1. The van der Waals surface area contributed by atoms with Crippen molar-refractivity contribution >= 4 is 45.9 Å². The van der Waals surface area contributed by atoms with Gasteiger partial charge in [-0.3, -0.25) is 14.5 Å². The third-order valence-electron chi connectivity index (χ3n) is 5.84. The minimum absolute atomic E-state index is 0.0274. The monoisotopic (exact) mass is 487 g/mol. The van der Waals surface area contributed by atoms with Crippen LogP contribution >= 0.6 is 11.6 Å². The fourth-order valence-electron chi connectivity index (χ4n) is 4.19. The fraction of sp³-hybridized carbons (Fsp3) is 0.0741. The molecule has 0 fully saturated rings. The van der Waals surface area contributed by atoms with E-state index in [1.807, 2.05) is 6.07 Å². The maximum Gasteiger partial charge on any atom is 0.337 e. The number of aliphatic hydroxyl groups excluding tert-OH is 1. The zero-order valence-corrected chi connectivity index (χ0v) is 19.2. The highest BCUT2D eigenvalue weighted by Gasteiger charge is 2.45. The number of esters is 1. The van der Waals surface area contributed by atoms with E-state index < -0.39 is 29.5 Å². The molecule has 5 rings (SSSR count). The number of furan rings is 1. The van der Waals surface area contributed by atoms with E-state index in [9.17, 15) is 19.5 Å². The van der Waals surface area contributed by atoms with E-state index in [0.717, 1.165) is 0 Å². The molecule has 4 aromatic rings. The highest BCUT2D eigenvalue weighted by Crippen LogP contribution is 2.42. The highest BCUT2D eigenvalue weighted by molar-refractivity contribution is 6.31. The van der Waals surface area contributed by atoms with Gasteiger partial charge in [-0.25, -0.2) is 4.79 Å². The second kappa shape index (κ2) is 8.77. The molecule has 174 valence electrons. The van der Waals surface area contributed by atoms with E-state index in [4.69, 9.17) is 20.8 Å². The van der Waals surface area contributed by atoms with Crippen LogP contribution in [0.4, 0.5) is 5.69 Å². The van der Waals surface area contributed by atoms with Gasteiger partial charge in [0, 0.05) is 16.1 Å². The lowest BCUT2D eigenvalue weighted by Gasteiger charge is -2.26. The minimum Gasteiger partial charge on any atom is -0.503 e. The summed E-state index contributed by atoms with van der Waals surface area (Å²) < 4.78 is 10.5. The number of Topliss-reactive ketones (excluding diaryl/α,β-unsaturated/α-hetero) is 1. The standard InChI is InChI=1S/C27H18ClNO6/c1-34-27(33)16-7-10-19(11-8-16)29-23(15-5-3-2-4-6-15)22(25(31)26(29)32)24(30)21-14-17-13-18(28)9-12-20(17)35-21/h2-14,23,31H,1H3. The van der Waals surface area contributed by atoms with E-state index in [0.29, 0.717) is 32.8 Å². The average Bonchev–Trinajstić information content (AvgIpc) is 3.42. The van der Waals surface area contributed by atoms with Crippen molar-refractivity contribution in [1.82, 2.24) is 0 Å². The van der Waals surface area contributed by atoms with Crippen molar-refractivity contribution < 1.29 is 28.6 Å². The molecule has 1 unspecified atom stereocenters. The summed E-state index contributed by atoms with van der Waals surface area (Å²) in [5.74, 6) is -2.58. The number of methoxy groups -OCH3 is 1. The second-order valence-electron chi connectivity index (χ2n) is 7.91. The summed E-state index contributed by atoms with van der Waals surface area (Å²) >= 11 is 6.05. The third kappa shape index (κ3) is 3.86. The molecule has 1 atom stereocenters. The Hall–Kier alpha value is -4.36. The lowest BCUT2D eigenvalue weighted by Crippen LogP contribution is -2.31. The van der Waals surface area contributed by atoms with Crippen LogP contribution in [0.2, 0.25) is 5.02 Å². The molecule has 1 amide bonds. The Morgan fingerprint density at radius 1 is 1.00 bits per heavy atom. The highest BCUT2D eigenvalue weighted by atomic mass is 35.5. The molecule has 1 aliphatic rings. The summed E-state index contributed by atoms with van der Waals surface area (Å²) in [5.41, 5.74) is 1.65. The Kier molecular flexibility index (Phi) is 5.62. The summed E-state index contributed by atoms with van der Waals surface area (Å²) in [7, 11) is 1.28. The molecule has 0 bridgehead atoms. The van der Waals surface area contributed by atoms with Gasteiger partial charge >= 0.3 is 5.97 Å². The smallest absolute Gasteiger partial charge is 0.337 e. The third-order valence-corrected chi connectivity index (χ3v) is 6.07. The quantitative estimate of drug-likeness (QED) is 0.288. The fourth-order valence-corrected chi connectivity index (χ4v) is 4.37. The lowest BCUT2D eigenvalue weighted by atomic mass is 9.94. The summed E-state index contributed by atoms with van der Waals surface area (Å²) in [4.78, 5) is 40.0. The number of nitrogens with zero attached hydrogens (tertiary/aromatic N) is 1. The van der Waals surface area contributed by atoms with Crippen LogP contribution in [0, 0.1) is 0 Å².